The van der Waals surface area contributed by atoms with Gasteiger partial charge in [-0.05, 0) is 48.2 Å². The summed E-state index contributed by atoms with van der Waals surface area (Å²) in [6, 6.07) is 15.3. The number of aromatic nitrogens is 12. The molecule has 0 saturated carbocycles. The van der Waals surface area contributed by atoms with Crippen LogP contribution in [0.2, 0.25) is 10.0 Å². The molecule has 0 aliphatic carbocycles. The number of halogens is 3. The van der Waals surface area contributed by atoms with E-state index in [1.165, 1.54) is 44.7 Å². The van der Waals surface area contributed by atoms with E-state index in [1.54, 1.807) is 35.4 Å². The lowest BCUT2D eigenvalue weighted by atomic mass is 10.1. The van der Waals surface area contributed by atoms with Crippen molar-refractivity contribution in [1.29, 1.82) is 0 Å². The molecule has 6 aromatic heterocycles. The minimum absolute atomic E-state index is 0.0101. The number of nitrogens with zero attached hydrogens (tertiary/aromatic N) is 11. The lowest BCUT2D eigenvalue weighted by molar-refractivity contribution is 0.434. The fourth-order valence-corrected chi connectivity index (χ4v) is 5.90. The number of hydrogen-bond acceptors (Lipinski definition) is 12. The van der Waals surface area contributed by atoms with Gasteiger partial charge in [0.25, 0.3) is 11.1 Å². The predicted molar refractivity (Wildman–Crippen MR) is 206 cm³/mol. The predicted octanol–water partition coefficient (Wildman–Crippen LogP) is 3.36. The average molecular weight is 855 g/mol. The van der Waals surface area contributed by atoms with Gasteiger partial charge in [-0.25, -0.2) is 34.6 Å². The van der Waals surface area contributed by atoms with Gasteiger partial charge in [0.2, 0.25) is 11.8 Å². The Balaban J connectivity index is 0.000000157. The number of rotatable bonds is 9. The molecule has 0 aliphatic heterocycles. The molecule has 0 aliphatic rings. The molecule has 0 atom stereocenters. The van der Waals surface area contributed by atoms with E-state index in [0.29, 0.717) is 40.3 Å². The van der Waals surface area contributed by atoms with Gasteiger partial charge in [0.1, 0.15) is 25.7 Å². The lowest BCUT2D eigenvalue weighted by Crippen LogP contribution is -2.22. The summed E-state index contributed by atoms with van der Waals surface area (Å²) in [6.07, 6.45) is 7.41. The summed E-state index contributed by atoms with van der Waals surface area (Å²) < 4.78 is 17.0. The highest BCUT2D eigenvalue weighted by molar-refractivity contribution is 9.09. The fourth-order valence-electron chi connectivity index (χ4n) is 5.19. The van der Waals surface area contributed by atoms with Crippen molar-refractivity contribution in [2.45, 2.75) is 32.5 Å². The van der Waals surface area contributed by atoms with Gasteiger partial charge in [-0.15, -0.1) is 10.2 Å². The molecule has 1 N–H and O–H groups in total. The van der Waals surface area contributed by atoms with Crippen molar-refractivity contribution in [3.8, 4) is 0 Å². The minimum Gasteiger partial charge on any atom is -0.390 e. The second-order valence-corrected chi connectivity index (χ2v) is 13.5. The minimum atomic E-state index is -0.660. The third-order valence-electron chi connectivity index (χ3n) is 7.96. The second kappa shape index (κ2) is 17.5. The van der Waals surface area contributed by atoms with Gasteiger partial charge in [0.05, 0.1) is 19.2 Å². The van der Waals surface area contributed by atoms with Crippen LogP contribution in [-0.4, -0.2) is 63.5 Å². The topological polar surface area (TPSA) is 212 Å². The van der Waals surface area contributed by atoms with Crippen LogP contribution < -0.4 is 22.6 Å². The molecule has 8 rings (SSSR count). The van der Waals surface area contributed by atoms with Gasteiger partial charge in [-0.1, -0.05) is 63.4 Å². The Bertz CT molecular complexity index is 2780. The summed E-state index contributed by atoms with van der Waals surface area (Å²) in [4.78, 5) is 63.7. The molecule has 0 bridgehead atoms. The molecular formula is C34H31BrCl2N12O6. The second-order valence-electron chi connectivity index (χ2n) is 11.8. The van der Waals surface area contributed by atoms with Crippen molar-refractivity contribution in [2.24, 2.45) is 14.1 Å². The quantitative estimate of drug-likeness (QED) is 0.207. The highest BCUT2D eigenvalue weighted by atomic mass is 79.9. The third kappa shape index (κ3) is 9.61. The Morgan fingerprint density at radius 1 is 0.673 bits per heavy atom. The van der Waals surface area contributed by atoms with E-state index in [1.807, 2.05) is 36.4 Å². The summed E-state index contributed by atoms with van der Waals surface area (Å²) in [5.74, 6) is -0.971. The van der Waals surface area contributed by atoms with E-state index in [0.717, 1.165) is 22.3 Å². The van der Waals surface area contributed by atoms with Crippen molar-refractivity contribution in [3.63, 3.8) is 0 Å². The highest BCUT2D eigenvalue weighted by Gasteiger charge is 2.14. The Morgan fingerprint density at radius 3 is 1.65 bits per heavy atom. The van der Waals surface area contributed by atoms with Crippen LogP contribution in [-0.2, 0) is 46.6 Å². The number of alkyl halides is 1. The Morgan fingerprint density at radius 2 is 1.16 bits per heavy atom. The van der Waals surface area contributed by atoms with Gasteiger partial charge in [0.15, 0.2) is 22.3 Å². The fraction of sp³-hybridized carbons (Fsp3) is 0.235. The first-order valence-corrected chi connectivity index (χ1v) is 18.3. The normalized spacial score (nSPS) is 11.0. The summed E-state index contributed by atoms with van der Waals surface area (Å²) in [5, 5.41) is 12.4. The van der Waals surface area contributed by atoms with Crippen LogP contribution in [0.15, 0.2) is 102 Å². The smallest absolute Gasteiger partial charge is 0.390 e. The third-order valence-corrected chi connectivity index (χ3v) is 8.87. The van der Waals surface area contributed by atoms with Crippen LogP contribution in [0.1, 0.15) is 22.9 Å². The average Bonchev–Trinajstić information content (AvgIpc) is 3.95. The Labute approximate surface area is 327 Å². The van der Waals surface area contributed by atoms with Crippen molar-refractivity contribution in [1.82, 2.24) is 58.2 Å². The summed E-state index contributed by atoms with van der Waals surface area (Å²) >= 11 is 14.9. The lowest BCUT2D eigenvalue weighted by Gasteiger charge is -2.02. The maximum atomic E-state index is 12.5. The zero-order valence-corrected chi connectivity index (χ0v) is 32.3. The zero-order chi connectivity index (χ0) is 39.1. The van der Waals surface area contributed by atoms with E-state index in [9.17, 15) is 19.2 Å². The van der Waals surface area contributed by atoms with Crippen LogP contribution in [0, 0.1) is 0 Å². The molecular weight excluding hydrogens is 823 g/mol. The standard InChI is InChI=1S/C17H15ClN6O3.C9H8N6O3.C8H8BrCl/c1-22-9-19-15-14(22)16(25)23(10-20-15)8-13-21-24(17(26)27-13)7-6-11-2-4-12(18)5-3-11;1-14-3-10-7-6(14)8(16)15(4-11-7)2-5-12-13-9(17)18-5;9-6-5-7-1-3-8(10)4-2-7/h2-5,9-10H,6-8H2,1H3;3-4H,2H2,1H3,(H,13,17);1-4H,5-6H2. The molecule has 0 spiro atoms. The van der Waals surface area contributed by atoms with Crippen molar-refractivity contribution < 1.29 is 8.83 Å². The van der Waals surface area contributed by atoms with Crippen molar-refractivity contribution in [2.75, 3.05) is 5.33 Å². The summed E-state index contributed by atoms with van der Waals surface area (Å²) in [7, 11) is 3.42. The molecule has 55 heavy (non-hydrogen) atoms. The largest absolute Gasteiger partial charge is 0.437 e. The van der Waals surface area contributed by atoms with Crippen molar-refractivity contribution in [3.05, 3.63) is 149 Å². The molecule has 284 valence electrons. The first-order valence-electron chi connectivity index (χ1n) is 16.4. The highest BCUT2D eigenvalue weighted by Crippen LogP contribution is 2.11. The first kappa shape index (κ1) is 38.8. The van der Waals surface area contributed by atoms with E-state index in [2.05, 4.69) is 51.2 Å². The van der Waals surface area contributed by atoms with Crippen LogP contribution in [0.4, 0.5) is 0 Å². The molecule has 6 heterocycles. The van der Waals surface area contributed by atoms with Gasteiger partial charge in [-0.2, -0.15) is 4.68 Å². The van der Waals surface area contributed by atoms with Gasteiger partial charge < -0.3 is 18.0 Å². The molecule has 0 amide bonds. The monoisotopic (exact) mass is 852 g/mol. The number of H-pyrrole nitrogens is 1. The zero-order valence-electron chi connectivity index (χ0n) is 29.2. The summed E-state index contributed by atoms with van der Waals surface area (Å²) in [5.41, 5.74) is 3.30. The number of hydrogen-bond donors (Lipinski definition) is 1. The van der Waals surface area contributed by atoms with Crippen LogP contribution >= 0.6 is 39.1 Å². The molecule has 0 fully saturated rings. The SMILES string of the molecule is Clc1ccc(CCBr)cc1.Cn1cnc2ncn(Cc3n[nH]c(=O)o3)c(=O)c21.Cn1cnc2ncn(Cc3nn(CCc4ccc(Cl)cc4)c(=O)o3)c(=O)c21. The van der Waals surface area contributed by atoms with E-state index < -0.39 is 11.5 Å². The number of fused-ring (bicyclic) bond motifs is 2. The van der Waals surface area contributed by atoms with Gasteiger partial charge >= 0.3 is 11.5 Å². The number of nitrogens with one attached hydrogen (secondary N) is 1. The molecule has 21 heteroatoms. The molecule has 0 unspecified atom stereocenters. The van der Waals surface area contributed by atoms with Gasteiger partial charge in [-0.3, -0.25) is 18.7 Å². The van der Waals surface area contributed by atoms with E-state index in [-0.39, 0.29) is 36.0 Å². The maximum absolute atomic E-state index is 12.5. The van der Waals surface area contributed by atoms with Crippen LogP contribution in [0.25, 0.3) is 22.3 Å². The summed E-state index contributed by atoms with van der Waals surface area (Å²) in [6.45, 7) is 0.402. The molecule has 18 nitrogen and oxygen atoms in total. The molecule has 0 radical (unpaired) electrons. The van der Waals surface area contributed by atoms with E-state index >= 15 is 0 Å². The number of aromatic amines is 1. The van der Waals surface area contributed by atoms with Crippen molar-refractivity contribution >= 4 is 61.5 Å². The van der Waals surface area contributed by atoms with Crippen LogP contribution in [0.5, 0.6) is 0 Å². The number of imidazole rings is 2. The maximum Gasteiger partial charge on any atom is 0.437 e. The molecule has 2 aromatic carbocycles. The number of benzene rings is 2. The molecule has 0 saturated heterocycles. The van der Waals surface area contributed by atoms with E-state index in [4.69, 9.17) is 32.0 Å². The van der Waals surface area contributed by atoms with Crippen LogP contribution in [0.3, 0.4) is 0 Å². The van der Waals surface area contributed by atoms with Gasteiger partial charge in [0, 0.05) is 29.5 Å². The Hall–Kier alpha value is -5.92. The molecule has 8 aromatic rings. The Kier molecular flexibility index (Phi) is 12.3. The first-order chi connectivity index (χ1) is 26.5. The number of aryl methyl sites for hydroxylation is 5.